The van der Waals surface area contributed by atoms with E-state index in [1.807, 2.05) is 30.3 Å². The second-order valence-corrected chi connectivity index (χ2v) is 8.50. The van der Waals surface area contributed by atoms with Crippen LogP contribution in [-0.2, 0) is 25.5 Å². The van der Waals surface area contributed by atoms with Gasteiger partial charge < -0.3 is 24.2 Å². The Morgan fingerprint density at radius 2 is 1.64 bits per heavy atom. The molecule has 0 unspecified atom stereocenters. The predicted octanol–water partition coefficient (Wildman–Crippen LogP) is 4.23. The number of hydrogen-bond acceptors (Lipinski definition) is 6. The molecule has 178 valence electrons. The molecule has 0 saturated carbocycles. The summed E-state index contributed by atoms with van der Waals surface area (Å²) in [6, 6.07) is 15.9. The molecule has 1 atom stereocenters. The molecule has 1 amide bonds. The molecule has 0 spiro atoms. The van der Waals surface area contributed by atoms with Crippen molar-refractivity contribution in [1.29, 1.82) is 0 Å². The van der Waals surface area contributed by atoms with Crippen LogP contribution in [0, 0.1) is 0 Å². The van der Waals surface area contributed by atoms with E-state index < -0.39 is 29.7 Å². The third-order valence-electron chi connectivity index (χ3n) is 4.43. The number of hydrogen-bond donors (Lipinski definition) is 1. The molecule has 0 aliphatic rings. The van der Waals surface area contributed by atoms with Gasteiger partial charge in [0.05, 0.1) is 19.5 Å². The van der Waals surface area contributed by atoms with Gasteiger partial charge in [0.15, 0.2) is 0 Å². The van der Waals surface area contributed by atoms with Gasteiger partial charge in [-0.3, -0.25) is 9.59 Å². The summed E-state index contributed by atoms with van der Waals surface area (Å²) in [5, 5.41) is 8.87. The van der Waals surface area contributed by atoms with E-state index in [1.165, 1.54) is 11.8 Å². The van der Waals surface area contributed by atoms with Crippen molar-refractivity contribution < 1.29 is 33.7 Å². The minimum Gasteiger partial charge on any atom is -0.492 e. The van der Waals surface area contributed by atoms with E-state index >= 15 is 0 Å². The van der Waals surface area contributed by atoms with Gasteiger partial charge in [-0.2, -0.15) is 0 Å². The van der Waals surface area contributed by atoms with Crippen molar-refractivity contribution in [3.8, 4) is 5.75 Å². The van der Waals surface area contributed by atoms with Gasteiger partial charge in [-0.1, -0.05) is 42.5 Å². The van der Waals surface area contributed by atoms with Crippen molar-refractivity contribution in [2.45, 2.75) is 45.8 Å². The van der Waals surface area contributed by atoms with Crippen LogP contribution in [0.2, 0.25) is 0 Å². The van der Waals surface area contributed by atoms with Gasteiger partial charge in [0.2, 0.25) is 0 Å². The van der Waals surface area contributed by atoms with Crippen molar-refractivity contribution in [2.24, 2.45) is 0 Å². The summed E-state index contributed by atoms with van der Waals surface area (Å²) >= 11 is 0. The molecule has 2 aromatic rings. The average molecular weight is 458 g/mol. The Morgan fingerprint density at radius 3 is 2.18 bits per heavy atom. The van der Waals surface area contributed by atoms with E-state index in [4.69, 9.17) is 19.3 Å². The Hall–Kier alpha value is -3.55. The molecule has 2 aromatic carbocycles. The number of rotatable bonds is 10. The molecular weight excluding hydrogens is 426 g/mol. The van der Waals surface area contributed by atoms with Gasteiger partial charge in [-0.15, -0.1) is 0 Å². The Labute approximate surface area is 194 Å². The SMILES string of the molecule is CC(=O)O[C@@H](CN(CCOc1ccc(CC(=O)O)cc1)C(=O)OC(C)(C)C)c1ccccc1. The summed E-state index contributed by atoms with van der Waals surface area (Å²) in [5.74, 6) is -0.809. The molecule has 0 saturated heterocycles. The Morgan fingerprint density at radius 1 is 1.00 bits per heavy atom. The molecule has 8 nitrogen and oxygen atoms in total. The van der Waals surface area contributed by atoms with Crippen LogP contribution in [-0.4, -0.2) is 53.3 Å². The van der Waals surface area contributed by atoms with Gasteiger partial charge in [0, 0.05) is 6.92 Å². The van der Waals surface area contributed by atoms with Crippen LogP contribution in [0.25, 0.3) is 0 Å². The van der Waals surface area contributed by atoms with E-state index in [0.717, 1.165) is 5.56 Å². The fourth-order valence-electron chi connectivity index (χ4n) is 3.01. The van der Waals surface area contributed by atoms with Crippen LogP contribution in [0.5, 0.6) is 5.75 Å². The van der Waals surface area contributed by atoms with Gasteiger partial charge in [0.1, 0.15) is 24.1 Å². The fourth-order valence-corrected chi connectivity index (χ4v) is 3.01. The van der Waals surface area contributed by atoms with E-state index in [-0.39, 0.29) is 26.1 Å². The highest BCUT2D eigenvalue weighted by Crippen LogP contribution is 2.21. The number of nitrogens with zero attached hydrogens (tertiary/aromatic N) is 1. The molecule has 0 aliphatic heterocycles. The number of benzene rings is 2. The first kappa shape index (κ1) is 25.7. The Balaban J connectivity index is 2.10. The zero-order valence-corrected chi connectivity index (χ0v) is 19.4. The minimum absolute atomic E-state index is 0.0657. The Bertz CT molecular complexity index is 920. The summed E-state index contributed by atoms with van der Waals surface area (Å²) in [6.07, 6.45) is -1.27. The highest BCUT2D eigenvalue weighted by molar-refractivity contribution is 5.70. The number of ether oxygens (including phenoxy) is 3. The highest BCUT2D eigenvalue weighted by Gasteiger charge is 2.27. The number of carboxylic acid groups (broad SMARTS) is 1. The third-order valence-corrected chi connectivity index (χ3v) is 4.43. The van der Waals surface area contributed by atoms with Crippen LogP contribution in [0.4, 0.5) is 4.79 Å². The van der Waals surface area contributed by atoms with Crippen LogP contribution >= 0.6 is 0 Å². The number of aliphatic carboxylic acids is 1. The lowest BCUT2D eigenvalue weighted by Gasteiger charge is -2.30. The normalized spacial score (nSPS) is 11.9. The zero-order chi connectivity index (χ0) is 24.4. The average Bonchev–Trinajstić information content (AvgIpc) is 2.72. The highest BCUT2D eigenvalue weighted by atomic mass is 16.6. The van der Waals surface area contributed by atoms with Gasteiger partial charge >= 0.3 is 18.0 Å². The number of esters is 1. The number of amides is 1. The van der Waals surface area contributed by atoms with Crippen molar-refractivity contribution >= 4 is 18.0 Å². The van der Waals surface area contributed by atoms with E-state index in [9.17, 15) is 14.4 Å². The summed E-state index contributed by atoms with van der Waals surface area (Å²) < 4.78 is 16.8. The lowest BCUT2D eigenvalue weighted by molar-refractivity contribution is -0.147. The summed E-state index contributed by atoms with van der Waals surface area (Å²) in [7, 11) is 0. The number of carbonyl (C=O) groups is 3. The lowest BCUT2D eigenvalue weighted by Crippen LogP contribution is -2.41. The molecule has 33 heavy (non-hydrogen) atoms. The maximum atomic E-state index is 12.9. The summed E-state index contributed by atoms with van der Waals surface area (Å²) in [5.41, 5.74) is 0.730. The van der Waals surface area contributed by atoms with Crippen LogP contribution in [0.1, 0.15) is 44.9 Å². The Kier molecular flexibility index (Phi) is 9.27. The van der Waals surface area contributed by atoms with Gasteiger partial charge in [0.25, 0.3) is 0 Å². The molecule has 1 N–H and O–H groups in total. The molecule has 0 bridgehead atoms. The fraction of sp³-hybridized carbons (Fsp3) is 0.400. The van der Waals surface area contributed by atoms with E-state index in [2.05, 4.69) is 0 Å². The largest absolute Gasteiger partial charge is 0.492 e. The first-order valence-corrected chi connectivity index (χ1v) is 10.7. The second-order valence-electron chi connectivity index (χ2n) is 8.50. The van der Waals surface area contributed by atoms with Crippen LogP contribution in [0.15, 0.2) is 54.6 Å². The second kappa shape index (κ2) is 11.9. The predicted molar refractivity (Wildman–Crippen MR) is 122 cm³/mol. The van der Waals surface area contributed by atoms with Crippen LogP contribution in [0.3, 0.4) is 0 Å². The molecular formula is C25H31NO7. The summed E-state index contributed by atoms with van der Waals surface area (Å²) in [6.45, 7) is 7.11. The first-order chi connectivity index (χ1) is 15.5. The minimum atomic E-state index is -0.905. The van der Waals surface area contributed by atoms with E-state index in [0.29, 0.717) is 11.3 Å². The molecule has 8 heteroatoms. The standard InChI is InChI=1S/C25H31NO7/c1-18(27)32-22(20-8-6-5-7-9-20)17-26(24(30)33-25(2,3)4)14-15-31-21-12-10-19(11-13-21)16-23(28)29/h5-13,22H,14-17H2,1-4H3,(H,28,29)/t22-/m0/s1. The number of carbonyl (C=O) groups excluding carboxylic acids is 2. The number of carboxylic acids is 1. The maximum absolute atomic E-state index is 12.9. The zero-order valence-electron chi connectivity index (χ0n) is 19.4. The molecule has 0 heterocycles. The molecule has 0 aliphatic carbocycles. The van der Waals surface area contributed by atoms with Crippen molar-refractivity contribution in [3.05, 3.63) is 65.7 Å². The monoisotopic (exact) mass is 457 g/mol. The van der Waals surface area contributed by atoms with Gasteiger partial charge in [-0.05, 0) is 44.0 Å². The molecule has 2 rings (SSSR count). The summed E-state index contributed by atoms with van der Waals surface area (Å²) in [4.78, 5) is 36.8. The maximum Gasteiger partial charge on any atom is 0.410 e. The lowest BCUT2D eigenvalue weighted by atomic mass is 10.1. The van der Waals surface area contributed by atoms with E-state index in [1.54, 1.807) is 45.0 Å². The molecule has 0 radical (unpaired) electrons. The third kappa shape index (κ3) is 9.64. The quantitative estimate of drug-likeness (QED) is 0.533. The van der Waals surface area contributed by atoms with Gasteiger partial charge in [-0.25, -0.2) is 4.79 Å². The topological polar surface area (TPSA) is 102 Å². The van der Waals surface area contributed by atoms with Crippen LogP contribution < -0.4 is 4.74 Å². The van der Waals surface area contributed by atoms with Crippen molar-refractivity contribution in [1.82, 2.24) is 4.90 Å². The molecule has 0 fully saturated rings. The van der Waals surface area contributed by atoms with Crippen molar-refractivity contribution in [3.63, 3.8) is 0 Å². The molecule has 0 aromatic heterocycles. The van der Waals surface area contributed by atoms with Crippen molar-refractivity contribution in [2.75, 3.05) is 19.7 Å². The first-order valence-electron chi connectivity index (χ1n) is 10.7. The smallest absolute Gasteiger partial charge is 0.410 e.